The molecule has 0 fully saturated rings. The van der Waals surface area contributed by atoms with Crippen LogP contribution >= 0.6 is 11.6 Å². The van der Waals surface area contributed by atoms with E-state index in [1.807, 2.05) is 0 Å². The van der Waals surface area contributed by atoms with Gasteiger partial charge in [-0.25, -0.2) is 5.43 Å². The van der Waals surface area contributed by atoms with Crippen LogP contribution in [0.4, 0.5) is 5.69 Å². The molecule has 3 rings (SSSR count). The Balaban J connectivity index is 1.71. The van der Waals surface area contributed by atoms with Crippen LogP contribution in [0.15, 0.2) is 59.7 Å². The van der Waals surface area contributed by atoms with E-state index in [1.54, 1.807) is 36.4 Å². The summed E-state index contributed by atoms with van der Waals surface area (Å²) in [6.07, 6.45) is 1.43. The molecule has 0 bridgehead atoms. The smallest absolute Gasteiger partial charge is 0.272 e. The Morgan fingerprint density at radius 3 is 2.81 bits per heavy atom. The lowest BCUT2D eigenvalue weighted by Crippen LogP contribution is -2.18. The summed E-state index contributed by atoms with van der Waals surface area (Å²) in [5.41, 5.74) is 4.07. The van der Waals surface area contributed by atoms with E-state index >= 15 is 0 Å². The standard InChI is InChI=1S/C17H12ClN5O3/c18-14-7-2-1-4-12(14)10-19-22-17(24)16-9-15(20-21-16)11-5-3-6-13(8-11)23(25)26/h1-10H,(H,20,21)(H,22,24)/b19-10-. The molecule has 9 heteroatoms. The molecule has 1 aromatic heterocycles. The number of H-pyrrole nitrogens is 1. The number of carbonyl (C=O) groups is 1. The molecule has 2 N–H and O–H groups in total. The first kappa shape index (κ1) is 17.3. The second-order valence-electron chi connectivity index (χ2n) is 5.19. The van der Waals surface area contributed by atoms with Crippen LogP contribution in [0, 0.1) is 10.1 Å². The van der Waals surface area contributed by atoms with Crippen molar-refractivity contribution in [1.82, 2.24) is 15.6 Å². The molecule has 130 valence electrons. The normalized spacial score (nSPS) is 10.8. The number of aromatic nitrogens is 2. The Kier molecular flexibility index (Phi) is 5.04. The van der Waals surface area contributed by atoms with Crippen LogP contribution in [0.3, 0.4) is 0 Å². The number of amides is 1. The third-order valence-corrected chi connectivity index (χ3v) is 3.79. The minimum absolute atomic E-state index is 0.0548. The molecule has 3 aromatic rings. The molecule has 0 saturated carbocycles. The van der Waals surface area contributed by atoms with E-state index in [1.165, 1.54) is 24.4 Å². The number of hydrazone groups is 1. The third-order valence-electron chi connectivity index (χ3n) is 3.45. The van der Waals surface area contributed by atoms with Gasteiger partial charge >= 0.3 is 0 Å². The first-order chi connectivity index (χ1) is 12.5. The van der Waals surface area contributed by atoms with E-state index in [2.05, 4.69) is 20.7 Å². The molecule has 8 nitrogen and oxygen atoms in total. The van der Waals surface area contributed by atoms with E-state index < -0.39 is 10.8 Å². The highest BCUT2D eigenvalue weighted by Gasteiger charge is 2.13. The van der Waals surface area contributed by atoms with Gasteiger partial charge in [0.15, 0.2) is 0 Å². The molecule has 26 heavy (non-hydrogen) atoms. The quantitative estimate of drug-likeness (QED) is 0.407. The van der Waals surface area contributed by atoms with E-state index in [0.717, 1.165) is 0 Å². The van der Waals surface area contributed by atoms with Gasteiger partial charge in [-0.3, -0.25) is 20.0 Å². The Bertz CT molecular complexity index is 999. The number of carbonyl (C=O) groups excluding carboxylic acids is 1. The van der Waals surface area contributed by atoms with Crippen LogP contribution < -0.4 is 5.43 Å². The Morgan fingerprint density at radius 2 is 2.04 bits per heavy atom. The maximum Gasteiger partial charge on any atom is 0.289 e. The highest BCUT2D eigenvalue weighted by atomic mass is 35.5. The van der Waals surface area contributed by atoms with Crippen molar-refractivity contribution in [3.05, 3.63) is 81.0 Å². The molecule has 2 aromatic carbocycles. The molecular weight excluding hydrogens is 358 g/mol. The van der Waals surface area contributed by atoms with Gasteiger partial charge in [-0.15, -0.1) is 0 Å². The van der Waals surface area contributed by atoms with E-state index in [0.29, 0.717) is 21.8 Å². The zero-order valence-electron chi connectivity index (χ0n) is 13.2. The molecule has 0 saturated heterocycles. The van der Waals surface area contributed by atoms with Crippen LogP contribution in [0.25, 0.3) is 11.3 Å². The third kappa shape index (κ3) is 3.93. The Hall–Kier alpha value is -3.52. The van der Waals surface area contributed by atoms with Crippen LogP contribution in [-0.4, -0.2) is 27.2 Å². The Morgan fingerprint density at radius 1 is 1.23 bits per heavy atom. The van der Waals surface area contributed by atoms with Gasteiger partial charge in [-0.2, -0.15) is 10.2 Å². The number of nitrogens with one attached hydrogen (secondary N) is 2. The zero-order valence-corrected chi connectivity index (χ0v) is 14.0. The number of non-ortho nitro benzene ring substituents is 1. The molecule has 0 unspecified atom stereocenters. The molecule has 0 radical (unpaired) electrons. The second kappa shape index (κ2) is 7.58. The number of hydrogen-bond donors (Lipinski definition) is 2. The number of benzene rings is 2. The predicted octanol–water partition coefficient (Wildman–Crippen LogP) is 3.40. The highest BCUT2D eigenvalue weighted by Crippen LogP contribution is 2.22. The predicted molar refractivity (Wildman–Crippen MR) is 97.2 cm³/mol. The van der Waals surface area contributed by atoms with Crippen molar-refractivity contribution in [2.75, 3.05) is 0 Å². The summed E-state index contributed by atoms with van der Waals surface area (Å²) in [5.74, 6) is -0.502. The summed E-state index contributed by atoms with van der Waals surface area (Å²) >= 11 is 5.99. The van der Waals surface area contributed by atoms with Crippen molar-refractivity contribution in [2.45, 2.75) is 0 Å². The molecule has 1 amide bonds. The first-order valence-electron chi connectivity index (χ1n) is 7.43. The number of nitro benzene ring substituents is 1. The van der Waals surface area contributed by atoms with Gasteiger partial charge in [0.1, 0.15) is 5.69 Å². The van der Waals surface area contributed by atoms with Crippen molar-refractivity contribution in [3.8, 4) is 11.3 Å². The fraction of sp³-hybridized carbons (Fsp3) is 0. The summed E-state index contributed by atoms with van der Waals surface area (Å²) in [4.78, 5) is 22.5. The second-order valence-corrected chi connectivity index (χ2v) is 5.60. The van der Waals surface area contributed by atoms with Crippen molar-refractivity contribution < 1.29 is 9.72 Å². The van der Waals surface area contributed by atoms with Crippen molar-refractivity contribution in [1.29, 1.82) is 0 Å². The lowest BCUT2D eigenvalue weighted by Gasteiger charge is -1.97. The van der Waals surface area contributed by atoms with Gasteiger partial charge in [-0.05, 0) is 12.1 Å². The average molecular weight is 370 g/mol. The summed E-state index contributed by atoms with van der Waals surface area (Å²) in [5, 5.41) is 21.8. The lowest BCUT2D eigenvalue weighted by molar-refractivity contribution is -0.384. The Labute approximate surface area is 152 Å². The molecular formula is C17H12ClN5O3. The molecule has 0 atom stereocenters. The molecule has 0 aliphatic carbocycles. The van der Waals surface area contributed by atoms with Gasteiger partial charge in [-0.1, -0.05) is 41.9 Å². The molecule has 0 aliphatic heterocycles. The number of rotatable bonds is 5. The van der Waals surface area contributed by atoms with E-state index in [4.69, 9.17) is 11.6 Å². The average Bonchev–Trinajstić information content (AvgIpc) is 3.13. The van der Waals surface area contributed by atoms with E-state index in [9.17, 15) is 14.9 Å². The largest absolute Gasteiger partial charge is 0.289 e. The lowest BCUT2D eigenvalue weighted by atomic mass is 10.1. The van der Waals surface area contributed by atoms with Gasteiger partial charge in [0, 0.05) is 28.3 Å². The van der Waals surface area contributed by atoms with E-state index in [-0.39, 0.29) is 11.4 Å². The van der Waals surface area contributed by atoms with Crippen molar-refractivity contribution >= 4 is 29.4 Å². The minimum atomic E-state index is -0.502. The topological polar surface area (TPSA) is 113 Å². The van der Waals surface area contributed by atoms with Crippen molar-refractivity contribution in [2.24, 2.45) is 5.10 Å². The van der Waals surface area contributed by atoms with Crippen LogP contribution in [-0.2, 0) is 0 Å². The first-order valence-corrected chi connectivity index (χ1v) is 7.80. The van der Waals surface area contributed by atoms with Crippen LogP contribution in [0.5, 0.6) is 0 Å². The maximum atomic E-state index is 12.1. The van der Waals surface area contributed by atoms with Crippen LogP contribution in [0.2, 0.25) is 5.02 Å². The van der Waals surface area contributed by atoms with Gasteiger partial charge in [0.25, 0.3) is 11.6 Å². The summed E-state index contributed by atoms with van der Waals surface area (Å²) < 4.78 is 0. The number of nitro groups is 1. The summed E-state index contributed by atoms with van der Waals surface area (Å²) in [7, 11) is 0. The van der Waals surface area contributed by atoms with Gasteiger partial charge in [0.2, 0.25) is 0 Å². The fourth-order valence-electron chi connectivity index (χ4n) is 2.17. The monoisotopic (exact) mass is 369 g/mol. The fourth-order valence-corrected chi connectivity index (χ4v) is 2.35. The number of aromatic amines is 1. The number of hydrogen-bond acceptors (Lipinski definition) is 5. The highest BCUT2D eigenvalue weighted by molar-refractivity contribution is 6.33. The van der Waals surface area contributed by atoms with Crippen LogP contribution in [0.1, 0.15) is 16.1 Å². The number of halogens is 1. The maximum absolute atomic E-state index is 12.1. The van der Waals surface area contributed by atoms with Crippen molar-refractivity contribution in [3.63, 3.8) is 0 Å². The summed E-state index contributed by atoms with van der Waals surface area (Å²) in [6, 6.07) is 14.5. The number of nitrogens with zero attached hydrogens (tertiary/aromatic N) is 3. The summed E-state index contributed by atoms with van der Waals surface area (Å²) in [6.45, 7) is 0. The minimum Gasteiger partial charge on any atom is -0.272 e. The molecule has 0 spiro atoms. The van der Waals surface area contributed by atoms with Gasteiger partial charge in [0.05, 0.1) is 16.8 Å². The molecule has 0 aliphatic rings. The zero-order chi connectivity index (χ0) is 18.5. The van der Waals surface area contributed by atoms with Gasteiger partial charge < -0.3 is 0 Å². The molecule has 1 heterocycles. The SMILES string of the molecule is O=C(N/N=C\c1ccccc1Cl)c1cc(-c2cccc([N+](=O)[O-])c2)n[nH]1.